The van der Waals surface area contributed by atoms with Crippen LogP contribution in [0.15, 0.2) is 58.5 Å². The molecule has 0 aromatic carbocycles. The van der Waals surface area contributed by atoms with Gasteiger partial charge in [-0.2, -0.15) is 0 Å². The molecule has 27 heavy (non-hydrogen) atoms. The van der Waals surface area contributed by atoms with Gasteiger partial charge in [-0.15, -0.1) is 9.24 Å². The van der Waals surface area contributed by atoms with Crippen LogP contribution in [0.4, 0.5) is 17.6 Å². The van der Waals surface area contributed by atoms with Gasteiger partial charge in [-0.3, -0.25) is 0 Å². The van der Waals surface area contributed by atoms with Crippen molar-refractivity contribution in [3.63, 3.8) is 0 Å². The molecule has 2 atom stereocenters. The molecule has 0 aromatic rings. The van der Waals surface area contributed by atoms with Gasteiger partial charge < -0.3 is 11.1 Å². The maximum absolute atomic E-state index is 14.6. The van der Waals surface area contributed by atoms with E-state index in [2.05, 4.69) is 14.6 Å². The van der Waals surface area contributed by atoms with Crippen LogP contribution in [-0.2, 0) is 0 Å². The second kappa shape index (κ2) is 10.1. The monoisotopic (exact) mass is 404 g/mol. The normalized spacial score (nSPS) is 25.1. The maximum atomic E-state index is 14.6. The van der Waals surface area contributed by atoms with E-state index in [-0.39, 0.29) is 24.0 Å². The molecule has 1 rings (SSSR count). The van der Waals surface area contributed by atoms with Crippen molar-refractivity contribution in [3.05, 3.63) is 58.5 Å². The first-order valence-corrected chi connectivity index (χ1v) is 9.69. The number of rotatable bonds is 8. The second-order valence-electron chi connectivity index (χ2n) is 6.59. The lowest BCUT2D eigenvalue weighted by molar-refractivity contribution is 0.0673. The van der Waals surface area contributed by atoms with Crippen LogP contribution in [0.5, 0.6) is 0 Å². The Morgan fingerprint density at radius 3 is 2.37 bits per heavy atom. The van der Waals surface area contributed by atoms with Crippen LogP contribution in [0, 0.1) is 0 Å². The first-order chi connectivity index (χ1) is 12.6. The summed E-state index contributed by atoms with van der Waals surface area (Å²) in [5.41, 5.74) is 5.82. The van der Waals surface area contributed by atoms with E-state index in [0.29, 0.717) is 18.5 Å². The van der Waals surface area contributed by atoms with Crippen molar-refractivity contribution in [2.75, 3.05) is 19.4 Å². The van der Waals surface area contributed by atoms with Crippen LogP contribution >= 0.6 is 9.24 Å². The van der Waals surface area contributed by atoms with Crippen LogP contribution in [-0.4, -0.2) is 31.0 Å². The molecule has 7 heteroatoms. The summed E-state index contributed by atoms with van der Waals surface area (Å²) in [6.07, 6.45) is 8.62. The quantitative estimate of drug-likeness (QED) is 0.435. The highest BCUT2D eigenvalue weighted by Crippen LogP contribution is 2.29. The first-order valence-electron chi connectivity index (χ1n) is 8.87. The summed E-state index contributed by atoms with van der Waals surface area (Å²) in [7, 11) is 2.22. The fourth-order valence-corrected chi connectivity index (χ4v) is 3.09. The third-order valence-corrected chi connectivity index (χ3v) is 5.18. The molecule has 2 nitrogen and oxygen atoms in total. The molecule has 0 amide bonds. The number of alkyl halides is 4. The molecule has 1 aliphatic carbocycles. The minimum Gasteiger partial charge on any atom is -0.402 e. The van der Waals surface area contributed by atoms with Crippen molar-refractivity contribution in [1.82, 2.24) is 5.32 Å². The van der Waals surface area contributed by atoms with Gasteiger partial charge in [0.15, 0.2) is 5.67 Å². The molecule has 0 bridgehead atoms. The Hall–Kier alpha value is -1.55. The molecule has 0 fully saturated rings. The zero-order chi connectivity index (χ0) is 20.7. The highest BCUT2D eigenvalue weighted by atomic mass is 31.0. The number of hydrogen-bond donors (Lipinski definition) is 2. The van der Waals surface area contributed by atoms with Gasteiger partial charge in [0.1, 0.15) is 6.67 Å². The van der Waals surface area contributed by atoms with Gasteiger partial charge in [0.2, 0.25) is 0 Å². The van der Waals surface area contributed by atoms with Crippen LogP contribution < -0.4 is 11.1 Å². The molecule has 0 spiro atoms. The van der Waals surface area contributed by atoms with Gasteiger partial charge in [-0.1, -0.05) is 24.3 Å². The Bertz CT molecular complexity index is 666. The largest absolute Gasteiger partial charge is 0.402 e. The number of halogens is 4. The standard InChI is InChI=1S/C20H29F4N2P/c1-4-14(11-26-18(5-2)20(24,12-21)13-27)15-6-8-16(19(3,22)23)10-17(25)9-7-15/h4-6,8,10,26H,7,9,11-13,25,27H2,1-3H3/b14-4?,15-6+,16-8+,17-10+,18-5-. The summed E-state index contributed by atoms with van der Waals surface area (Å²) < 4.78 is 55.1. The Labute approximate surface area is 161 Å². The average Bonchev–Trinajstić information content (AvgIpc) is 2.61. The summed E-state index contributed by atoms with van der Waals surface area (Å²) in [5.74, 6) is -3.00. The molecule has 0 aromatic heterocycles. The Balaban J connectivity index is 3.05. The SMILES string of the molecule is CC=C(CN/C(=C\C)C(F)(CF)CP)/C1=C/C=C(C(C)(F)F)\C=C(\N)CC1. The van der Waals surface area contributed by atoms with E-state index in [1.165, 1.54) is 18.2 Å². The van der Waals surface area contributed by atoms with E-state index < -0.39 is 18.3 Å². The molecule has 2 unspecified atom stereocenters. The molecule has 0 saturated carbocycles. The van der Waals surface area contributed by atoms with Gasteiger partial charge in [0, 0.05) is 36.6 Å². The zero-order valence-corrected chi connectivity index (χ0v) is 17.2. The fraction of sp³-hybridized carbons (Fsp3) is 0.500. The maximum Gasteiger partial charge on any atom is 0.270 e. The van der Waals surface area contributed by atoms with Gasteiger partial charge in [-0.05, 0) is 43.9 Å². The predicted molar refractivity (Wildman–Crippen MR) is 108 cm³/mol. The van der Waals surface area contributed by atoms with Gasteiger partial charge >= 0.3 is 0 Å². The highest BCUT2D eigenvalue weighted by molar-refractivity contribution is 7.16. The zero-order valence-electron chi connectivity index (χ0n) is 16.1. The first kappa shape index (κ1) is 23.5. The van der Waals surface area contributed by atoms with Crippen LogP contribution in [0.3, 0.4) is 0 Å². The average molecular weight is 404 g/mol. The van der Waals surface area contributed by atoms with Crippen LogP contribution in [0.2, 0.25) is 0 Å². The molecular weight excluding hydrogens is 375 g/mol. The Morgan fingerprint density at radius 2 is 1.89 bits per heavy atom. The van der Waals surface area contributed by atoms with Crippen molar-refractivity contribution >= 4 is 9.24 Å². The van der Waals surface area contributed by atoms with Crippen molar-refractivity contribution in [3.8, 4) is 0 Å². The number of nitrogens with one attached hydrogen (secondary N) is 1. The molecule has 0 aliphatic heterocycles. The lowest BCUT2D eigenvalue weighted by Gasteiger charge is -2.26. The smallest absolute Gasteiger partial charge is 0.270 e. The van der Waals surface area contributed by atoms with Gasteiger partial charge in [0.25, 0.3) is 5.92 Å². The molecule has 152 valence electrons. The van der Waals surface area contributed by atoms with Gasteiger partial charge in [-0.25, -0.2) is 17.6 Å². The van der Waals surface area contributed by atoms with Crippen molar-refractivity contribution in [1.29, 1.82) is 0 Å². The third kappa shape index (κ3) is 6.53. The van der Waals surface area contributed by atoms with Crippen molar-refractivity contribution < 1.29 is 17.6 Å². The van der Waals surface area contributed by atoms with Crippen LogP contribution in [0.1, 0.15) is 33.6 Å². The molecular formula is C20H29F4N2P. The summed E-state index contributed by atoms with van der Waals surface area (Å²) >= 11 is 0. The molecule has 3 N–H and O–H groups in total. The van der Waals surface area contributed by atoms with E-state index in [1.54, 1.807) is 13.0 Å². The van der Waals surface area contributed by atoms with Crippen LogP contribution in [0.25, 0.3) is 0 Å². The Morgan fingerprint density at radius 1 is 1.22 bits per heavy atom. The molecule has 0 saturated heterocycles. The van der Waals surface area contributed by atoms with E-state index in [0.717, 1.165) is 18.1 Å². The summed E-state index contributed by atoms with van der Waals surface area (Å²) in [6, 6.07) is 0. The lowest BCUT2D eigenvalue weighted by atomic mass is 9.94. The highest BCUT2D eigenvalue weighted by Gasteiger charge is 2.32. The van der Waals surface area contributed by atoms with E-state index >= 15 is 0 Å². The van der Waals surface area contributed by atoms with E-state index in [4.69, 9.17) is 5.73 Å². The number of nitrogens with two attached hydrogens (primary N) is 1. The van der Waals surface area contributed by atoms with Crippen molar-refractivity contribution in [2.24, 2.45) is 5.73 Å². The summed E-state index contributed by atoms with van der Waals surface area (Å²) in [4.78, 5) is 0. The topological polar surface area (TPSA) is 38.0 Å². The molecule has 0 heterocycles. The molecule has 1 aliphatic rings. The third-order valence-electron chi connectivity index (χ3n) is 4.53. The predicted octanol–water partition coefficient (Wildman–Crippen LogP) is 5.12. The fourth-order valence-electron chi connectivity index (χ4n) is 2.76. The minimum atomic E-state index is -3.00. The van der Waals surface area contributed by atoms with Gasteiger partial charge in [0.05, 0.1) is 0 Å². The number of allylic oxidation sites excluding steroid dienone is 8. The summed E-state index contributed by atoms with van der Waals surface area (Å²) in [6.45, 7) is 3.41. The van der Waals surface area contributed by atoms with Crippen molar-refractivity contribution in [2.45, 2.75) is 45.2 Å². The molecule has 0 radical (unpaired) electrons. The lowest BCUT2D eigenvalue weighted by Crippen LogP contribution is -2.38. The van der Waals surface area contributed by atoms with E-state index in [1.807, 2.05) is 13.0 Å². The minimum absolute atomic E-state index is 0.0664. The Kier molecular flexibility index (Phi) is 8.80. The number of hydrogen-bond acceptors (Lipinski definition) is 2. The summed E-state index contributed by atoms with van der Waals surface area (Å²) in [5, 5.41) is 2.96. The second-order valence-corrected chi connectivity index (χ2v) is 7.00. The van der Waals surface area contributed by atoms with E-state index in [9.17, 15) is 17.6 Å².